The molecule has 0 aliphatic rings. The van der Waals surface area contributed by atoms with Crippen molar-refractivity contribution in [3.05, 3.63) is 72.2 Å². The Bertz CT molecular complexity index is 1270. The van der Waals surface area contributed by atoms with Crippen molar-refractivity contribution in [1.29, 1.82) is 0 Å². The van der Waals surface area contributed by atoms with Gasteiger partial charge in [0.15, 0.2) is 5.58 Å². The van der Waals surface area contributed by atoms with Gasteiger partial charge in [0.05, 0.1) is 24.7 Å². The summed E-state index contributed by atoms with van der Waals surface area (Å²) in [6.07, 6.45) is 5.16. The highest BCUT2D eigenvalue weighted by Gasteiger charge is 2.16. The Morgan fingerprint density at radius 3 is 2.73 bits per heavy atom. The summed E-state index contributed by atoms with van der Waals surface area (Å²) in [7, 11) is 1.66. The van der Waals surface area contributed by atoms with E-state index in [1.807, 2.05) is 31.2 Å². The maximum absolute atomic E-state index is 12.8. The number of oxazole rings is 1. The molecular weight excluding hydrogens is 422 g/mol. The van der Waals surface area contributed by atoms with Gasteiger partial charge in [-0.05, 0) is 47.4 Å². The van der Waals surface area contributed by atoms with E-state index in [1.54, 1.807) is 43.8 Å². The second-order valence-corrected chi connectivity index (χ2v) is 7.77. The number of nitrogens with one attached hydrogen (secondary N) is 1. The van der Waals surface area contributed by atoms with Crippen LogP contribution >= 0.6 is 0 Å². The van der Waals surface area contributed by atoms with Gasteiger partial charge in [0.2, 0.25) is 5.91 Å². The maximum Gasteiger partial charge on any atom is 0.303 e. The fourth-order valence-corrected chi connectivity index (χ4v) is 3.38. The summed E-state index contributed by atoms with van der Waals surface area (Å²) in [5.41, 5.74) is 3.61. The van der Waals surface area contributed by atoms with Gasteiger partial charge in [0, 0.05) is 19.4 Å². The lowest BCUT2D eigenvalue weighted by Gasteiger charge is -2.17. The van der Waals surface area contributed by atoms with E-state index in [-0.39, 0.29) is 24.7 Å². The van der Waals surface area contributed by atoms with Crippen LogP contribution in [0.4, 0.5) is 17.5 Å². The molecule has 3 aromatic heterocycles. The predicted octanol–water partition coefficient (Wildman–Crippen LogP) is 4.15. The summed E-state index contributed by atoms with van der Waals surface area (Å²) in [6, 6.07) is 13.0. The van der Waals surface area contributed by atoms with Gasteiger partial charge < -0.3 is 14.8 Å². The molecule has 4 rings (SSSR count). The molecular formula is C24H23N5O4. The Morgan fingerprint density at radius 1 is 1.18 bits per heavy atom. The van der Waals surface area contributed by atoms with E-state index in [2.05, 4.69) is 20.3 Å². The molecule has 0 bridgehead atoms. The van der Waals surface area contributed by atoms with Gasteiger partial charge in [-0.1, -0.05) is 19.1 Å². The average Bonchev–Trinajstić information content (AvgIpc) is 3.20. The third kappa shape index (κ3) is 5.32. The molecule has 0 spiro atoms. The van der Waals surface area contributed by atoms with Crippen LogP contribution in [-0.4, -0.2) is 39.0 Å². The lowest BCUT2D eigenvalue weighted by atomic mass is 10.00. The SMILES string of the molecule is CC(CC(=O)O)c1ccc(N(C)C(=O)Cc2ccc3nc(Nc4cccnc4)oc3c2)nc1. The van der Waals surface area contributed by atoms with E-state index in [0.29, 0.717) is 22.9 Å². The quantitative estimate of drug-likeness (QED) is 0.415. The standard InChI is InChI=1S/C24H23N5O4/c1-15(10-23(31)32)17-6-8-21(26-13-17)29(2)22(30)12-16-5-7-19-20(11-16)33-24(28-19)27-18-4-3-9-25-14-18/h3-9,11,13-15H,10,12H2,1-2H3,(H,27,28)(H,31,32). The van der Waals surface area contributed by atoms with Gasteiger partial charge in [-0.2, -0.15) is 4.98 Å². The molecule has 168 valence electrons. The Labute approximate surface area is 190 Å². The Balaban J connectivity index is 1.43. The van der Waals surface area contributed by atoms with E-state index in [9.17, 15) is 9.59 Å². The van der Waals surface area contributed by atoms with Crippen LogP contribution in [0.2, 0.25) is 0 Å². The fourth-order valence-electron chi connectivity index (χ4n) is 3.38. The third-order valence-corrected chi connectivity index (χ3v) is 5.26. The number of hydrogen-bond donors (Lipinski definition) is 2. The Morgan fingerprint density at radius 2 is 2.03 bits per heavy atom. The number of carbonyl (C=O) groups is 2. The first-order valence-corrected chi connectivity index (χ1v) is 10.4. The van der Waals surface area contributed by atoms with Crippen LogP contribution in [0.5, 0.6) is 0 Å². The third-order valence-electron chi connectivity index (χ3n) is 5.26. The largest absolute Gasteiger partial charge is 0.481 e. The summed E-state index contributed by atoms with van der Waals surface area (Å²) in [5, 5.41) is 12.0. The first-order chi connectivity index (χ1) is 15.9. The molecule has 4 aromatic rings. The van der Waals surface area contributed by atoms with Crippen molar-refractivity contribution in [3.8, 4) is 0 Å². The van der Waals surface area contributed by atoms with Crippen molar-refractivity contribution < 1.29 is 19.1 Å². The van der Waals surface area contributed by atoms with Crippen LogP contribution in [0.1, 0.15) is 30.4 Å². The Kier molecular flexibility index (Phi) is 6.30. The normalized spacial score (nSPS) is 11.8. The van der Waals surface area contributed by atoms with Crippen LogP contribution in [0.25, 0.3) is 11.1 Å². The van der Waals surface area contributed by atoms with Crippen LogP contribution in [0.15, 0.2) is 65.5 Å². The highest BCUT2D eigenvalue weighted by molar-refractivity contribution is 5.93. The number of hydrogen-bond acceptors (Lipinski definition) is 7. The first kappa shape index (κ1) is 21.9. The second-order valence-electron chi connectivity index (χ2n) is 7.77. The van der Waals surface area contributed by atoms with Crippen LogP contribution in [0.3, 0.4) is 0 Å². The van der Waals surface area contributed by atoms with E-state index in [0.717, 1.165) is 16.8 Å². The minimum atomic E-state index is -0.859. The number of carboxylic acid groups (broad SMARTS) is 1. The number of aromatic nitrogens is 3. The number of nitrogens with zero attached hydrogens (tertiary/aromatic N) is 4. The molecule has 33 heavy (non-hydrogen) atoms. The van der Waals surface area contributed by atoms with Gasteiger partial charge in [-0.15, -0.1) is 0 Å². The number of pyridine rings is 2. The van der Waals surface area contributed by atoms with E-state index in [4.69, 9.17) is 9.52 Å². The zero-order chi connectivity index (χ0) is 23.4. The Hall–Kier alpha value is -4.27. The van der Waals surface area contributed by atoms with Gasteiger partial charge in [-0.3, -0.25) is 19.5 Å². The molecule has 2 N–H and O–H groups in total. The molecule has 9 heteroatoms. The summed E-state index contributed by atoms with van der Waals surface area (Å²) in [4.78, 5) is 38.0. The molecule has 1 aromatic carbocycles. The molecule has 1 unspecified atom stereocenters. The summed E-state index contributed by atoms with van der Waals surface area (Å²) < 4.78 is 5.77. The zero-order valence-electron chi connectivity index (χ0n) is 18.2. The predicted molar refractivity (Wildman–Crippen MR) is 124 cm³/mol. The summed E-state index contributed by atoms with van der Waals surface area (Å²) in [6.45, 7) is 1.83. The average molecular weight is 445 g/mol. The van der Waals surface area contributed by atoms with Gasteiger partial charge in [0.25, 0.3) is 6.01 Å². The zero-order valence-corrected chi connectivity index (χ0v) is 18.2. The van der Waals surface area contributed by atoms with Crippen molar-refractivity contribution in [2.24, 2.45) is 0 Å². The number of aliphatic carboxylic acids is 1. The smallest absolute Gasteiger partial charge is 0.303 e. The number of carboxylic acids is 1. The summed E-state index contributed by atoms with van der Waals surface area (Å²) >= 11 is 0. The lowest BCUT2D eigenvalue weighted by Crippen LogP contribution is -2.28. The molecule has 0 aliphatic heterocycles. The number of carbonyl (C=O) groups excluding carboxylic acids is 1. The van der Waals surface area contributed by atoms with Gasteiger partial charge >= 0.3 is 5.97 Å². The first-order valence-electron chi connectivity index (χ1n) is 10.4. The molecule has 0 radical (unpaired) electrons. The van der Waals surface area contributed by atoms with Crippen LogP contribution < -0.4 is 10.2 Å². The van der Waals surface area contributed by atoms with Crippen molar-refractivity contribution in [2.75, 3.05) is 17.3 Å². The molecule has 0 saturated carbocycles. The van der Waals surface area contributed by atoms with E-state index in [1.165, 1.54) is 4.90 Å². The van der Waals surface area contributed by atoms with E-state index < -0.39 is 5.97 Å². The topological polar surface area (TPSA) is 121 Å². The second kappa shape index (κ2) is 9.47. The minimum absolute atomic E-state index is 0.0272. The van der Waals surface area contributed by atoms with Gasteiger partial charge in [-0.25, -0.2) is 4.98 Å². The van der Waals surface area contributed by atoms with Crippen molar-refractivity contribution in [3.63, 3.8) is 0 Å². The number of likely N-dealkylation sites (N-methyl/N-ethyl adjacent to an activating group) is 1. The lowest BCUT2D eigenvalue weighted by molar-refractivity contribution is -0.137. The molecule has 3 heterocycles. The monoisotopic (exact) mass is 445 g/mol. The minimum Gasteiger partial charge on any atom is -0.481 e. The number of amides is 1. The van der Waals surface area contributed by atoms with Crippen molar-refractivity contribution in [2.45, 2.75) is 25.7 Å². The number of anilines is 3. The number of rotatable bonds is 8. The highest BCUT2D eigenvalue weighted by Crippen LogP contribution is 2.24. The number of fused-ring (bicyclic) bond motifs is 1. The van der Waals surface area contributed by atoms with Crippen molar-refractivity contribution in [1.82, 2.24) is 15.0 Å². The van der Waals surface area contributed by atoms with Crippen LogP contribution in [0, 0.1) is 0 Å². The van der Waals surface area contributed by atoms with Gasteiger partial charge in [0.1, 0.15) is 11.3 Å². The van der Waals surface area contributed by atoms with Crippen LogP contribution in [-0.2, 0) is 16.0 Å². The fraction of sp³-hybridized carbons (Fsp3) is 0.208. The van der Waals surface area contributed by atoms with E-state index >= 15 is 0 Å². The highest BCUT2D eigenvalue weighted by atomic mass is 16.4. The molecule has 0 saturated heterocycles. The molecule has 9 nitrogen and oxygen atoms in total. The molecule has 1 atom stereocenters. The molecule has 0 aliphatic carbocycles. The van der Waals surface area contributed by atoms with Crippen molar-refractivity contribution >= 4 is 40.5 Å². The maximum atomic E-state index is 12.8. The number of benzene rings is 1. The molecule has 1 amide bonds. The summed E-state index contributed by atoms with van der Waals surface area (Å²) in [5.74, 6) is -0.657. The molecule has 0 fully saturated rings.